The van der Waals surface area contributed by atoms with E-state index in [2.05, 4.69) is 5.10 Å². The number of aromatic nitrogens is 2. The molecular formula is C11H13N3OS. The Morgan fingerprint density at radius 3 is 2.75 bits per heavy atom. The fourth-order valence-corrected chi connectivity index (χ4v) is 2.32. The molecule has 2 aromatic rings. The van der Waals surface area contributed by atoms with Crippen molar-refractivity contribution in [3.63, 3.8) is 0 Å². The molecule has 0 spiro atoms. The molecule has 0 saturated carbocycles. The number of ether oxygens (including phenoxy) is 1. The second-order valence-electron chi connectivity index (χ2n) is 3.32. The zero-order chi connectivity index (χ0) is 11.5. The van der Waals surface area contributed by atoms with Crippen molar-refractivity contribution < 1.29 is 4.74 Å². The lowest BCUT2D eigenvalue weighted by Crippen LogP contribution is -1.88. The van der Waals surface area contributed by atoms with Crippen LogP contribution in [-0.2, 0) is 7.05 Å². The van der Waals surface area contributed by atoms with Crippen molar-refractivity contribution in [1.82, 2.24) is 9.78 Å². The first-order valence-electron chi connectivity index (χ1n) is 4.80. The Kier molecular flexibility index (Phi) is 3.05. The number of rotatable bonds is 3. The molecule has 2 N–H and O–H groups in total. The summed E-state index contributed by atoms with van der Waals surface area (Å²) in [7, 11) is 3.50. The van der Waals surface area contributed by atoms with Crippen LogP contribution < -0.4 is 10.5 Å². The number of aryl methyl sites for hydroxylation is 1. The molecular weight excluding hydrogens is 222 g/mol. The monoisotopic (exact) mass is 235 g/mol. The molecule has 0 radical (unpaired) electrons. The third-order valence-corrected chi connectivity index (χ3v) is 3.17. The van der Waals surface area contributed by atoms with Crippen LogP contribution in [-0.4, -0.2) is 16.9 Å². The van der Waals surface area contributed by atoms with Crippen LogP contribution in [0.4, 0.5) is 5.69 Å². The Labute approximate surface area is 98.4 Å². The van der Waals surface area contributed by atoms with Gasteiger partial charge in [0, 0.05) is 13.2 Å². The molecule has 1 heterocycles. The predicted molar refractivity (Wildman–Crippen MR) is 64.7 cm³/mol. The first kappa shape index (κ1) is 10.9. The van der Waals surface area contributed by atoms with Crippen molar-refractivity contribution in [3.8, 4) is 5.75 Å². The number of nitrogens with zero attached hydrogens (tertiary/aromatic N) is 2. The number of methoxy groups -OCH3 is 1. The molecule has 0 aliphatic carbocycles. The standard InChI is InChI=1S/C11H13N3OS/c1-14-7-8(12)11(13-14)16-10-6-4-3-5-9(10)15-2/h3-7H,12H2,1-2H3. The highest BCUT2D eigenvalue weighted by Crippen LogP contribution is 2.36. The molecule has 1 aromatic heterocycles. The number of hydrogen-bond donors (Lipinski definition) is 1. The van der Waals surface area contributed by atoms with Crippen LogP contribution in [0.3, 0.4) is 0 Å². The fourth-order valence-electron chi connectivity index (χ4n) is 1.37. The van der Waals surface area contributed by atoms with Gasteiger partial charge in [-0.15, -0.1) is 0 Å². The third kappa shape index (κ3) is 2.14. The summed E-state index contributed by atoms with van der Waals surface area (Å²) >= 11 is 1.50. The van der Waals surface area contributed by atoms with Crippen molar-refractivity contribution in [3.05, 3.63) is 30.5 Å². The van der Waals surface area contributed by atoms with Gasteiger partial charge < -0.3 is 10.5 Å². The number of nitrogen functional groups attached to an aromatic ring is 1. The van der Waals surface area contributed by atoms with E-state index in [4.69, 9.17) is 10.5 Å². The maximum Gasteiger partial charge on any atom is 0.146 e. The smallest absolute Gasteiger partial charge is 0.146 e. The highest BCUT2D eigenvalue weighted by molar-refractivity contribution is 7.99. The van der Waals surface area contributed by atoms with Gasteiger partial charge in [-0.1, -0.05) is 23.9 Å². The summed E-state index contributed by atoms with van der Waals surface area (Å²) < 4.78 is 6.97. The molecule has 0 fully saturated rings. The molecule has 0 atom stereocenters. The average Bonchev–Trinajstić information content (AvgIpc) is 2.58. The van der Waals surface area contributed by atoms with E-state index in [0.29, 0.717) is 5.69 Å². The van der Waals surface area contributed by atoms with Gasteiger partial charge in [0.25, 0.3) is 0 Å². The van der Waals surface area contributed by atoms with Gasteiger partial charge in [-0.25, -0.2) is 0 Å². The first-order chi connectivity index (χ1) is 7.70. The molecule has 0 aliphatic heterocycles. The molecule has 0 unspecified atom stereocenters. The zero-order valence-corrected chi connectivity index (χ0v) is 9.99. The molecule has 84 valence electrons. The predicted octanol–water partition coefficient (Wildman–Crippen LogP) is 2.16. The van der Waals surface area contributed by atoms with Crippen LogP contribution in [0.2, 0.25) is 0 Å². The van der Waals surface area contributed by atoms with Gasteiger partial charge in [0.15, 0.2) is 0 Å². The summed E-state index contributed by atoms with van der Waals surface area (Å²) in [6, 6.07) is 7.80. The summed E-state index contributed by atoms with van der Waals surface area (Å²) in [4.78, 5) is 1.01. The molecule has 1 aromatic carbocycles. The van der Waals surface area contributed by atoms with Crippen molar-refractivity contribution in [1.29, 1.82) is 0 Å². The second kappa shape index (κ2) is 4.49. The van der Waals surface area contributed by atoms with E-state index in [1.807, 2.05) is 31.3 Å². The molecule has 0 bridgehead atoms. The lowest BCUT2D eigenvalue weighted by Gasteiger charge is -2.05. The van der Waals surface area contributed by atoms with Gasteiger partial charge in [-0.2, -0.15) is 5.10 Å². The van der Waals surface area contributed by atoms with Crippen LogP contribution in [0, 0.1) is 0 Å². The van der Waals surface area contributed by atoms with Crippen molar-refractivity contribution in [2.45, 2.75) is 9.92 Å². The quantitative estimate of drug-likeness (QED) is 0.885. The van der Waals surface area contributed by atoms with Gasteiger partial charge in [-0.05, 0) is 12.1 Å². The summed E-state index contributed by atoms with van der Waals surface area (Å²) in [6.45, 7) is 0. The van der Waals surface area contributed by atoms with Crippen LogP contribution in [0.15, 0.2) is 40.4 Å². The van der Waals surface area contributed by atoms with E-state index in [0.717, 1.165) is 15.7 Å². The Bertz CT molecular complexity index is 496. The molecule has 4 nitrogen and oxygen atoms in total. The van der Waals surface area contributed by atoms with Gasteiger partial charge in [0.05, 0.1) is 17.7 Å². The van der Waals surface area contributed by atoms with E-state index >= 15 is 0 Å². The van der Waals surface area contributed by atoms with Crippen LogP contribution >= 0.6 is 11.8 Å². The van der Waals surface area contributed by atoms with E-state index in [-0.39, 0.29) is 0 Å². The largest absolute Gasteiger partial charge is 0.496 e. The van der Waals surface area contributed by atoms with Crippen LogP contribution in [0.25, 0.3) is 0 Å². The Morgan fingerprint density at radius 1 is 1.38 bits per heavy atom. The van der Waals surface area contributed by atoms with Crippen LogP contribution in [0.1, 0.15) is 0 Å². The molecule has 16 heavy (non-hydrogen) atoms. The molecule has 2 rings (SSSR count). The highest BCUT2D eigenvalue weighted by atomic mass is 32.2. The highest BCUT2D eigenvalue weighted by Gasteiger charge is 2.09. The molecule has 0 saturated heterocycles. The Morgan fingerprint density at radius 2 is 2.12 bits per heavy atom. The number of nitrogens with two attached hydrogens (primary N) is 1. The van der Waals surface area contributed by atoms with Gasteiger partial charge >= 0.3 is 0 Å². The van der Waals surface area contributed by atoms with E-state index in [1.54, 1.807) is 18.0 Å². The lowest BCUT2D eigenvalue weighted by molar-refractivity contribution is 0.405. The van der Waals surface area contributed by atoms with Gasteiger partial charge in [0.1, 0.15) is 10.8 Å². The molecule has 5 heteroatoms. The molecule has 0 amide bonds. The maximum absolute atomic E-state index is 5.84. The minimum atomic E-state index is 0.679. The fraction of sp³-hybridized carbons (Fsp3) is 0.182. The minimum Gasteiger partial charge on any atom is -0.496 e. The minimum absolute atomic E-state index is 0.679. The maximum atomic E-state index is 5.84. The SMILES string of the molecule is COc1ccccc1Sc1nn(C)cc1N. The van der Waals surface area contributed by atoms with E-state index < -0.39 is 0 Å². The zero-order valence-electron chi connectivity index (χ0n) is 9.18. The number of hydrogen-bond acceptors (Lipinski definition) is 4. The lowest BCUT2D eigenvalue weighted by atomic mass is 10.3. The van der Waals surface area contributed by atoms with Gasteiger partial charge in [0.2, 0.25) is 0 Å². The normalized spacial score (nSPS) is 10.4. The summed E-state index contributed by atoms with van der Waals surface area (Å²) in [6.07, 6.45) is 1.79. The van der Waals surface area contributed by atoms with Crippen molar-refractivity contribution >= 4 is 17.4 Å². The molecule has 0 aliphatic rings. The van der Waals surface area contributed by atoms with E-state index in [1.165, 1.54) is 11.8 Å². The average molecular weight is 235 g/mol. The van der Waals surface area contributed by atoms with E-state index in [9.17, 15) is 0 Å². The summed E-state index contributed by atoms with van der Waals surface area (Å²) in [5.74, 6) is 0.831. The topological polar surface area (TPSA) is 53.1 Å². The number of benzene rings is 1. The third-order valence-electron chi connectivity index (χ3n) is 2.10. The van der Waals surface area contributed by atoms with Crippen molar-refractivity contribution in [2.24, 2.45) is 7.05 Å². The van der Waals surface area contributed by atoms with Gasteiger partial charge in [-0.3, -0.25) is 4.68 Å². The summed E-state index contributed by atoms with van der Waals surface area (Å²) in [5.41, 5.74) is 6.51. The van der Waals surface area contributed by atoms with Crippen molar-refractivity contribution in [2.75, 3.05) is 12.8 Å². The van der Waals surface area contributed by atoms with Crippen LogP contribution in [0.5, 0.6) is 5.75 Å². The summed E-state index contributed by atoms with van der Waals surface area (Å²) in [5, 5.41) is 5.08. The Balaban J connectivity index is 2.30. The second-order valence-corrected chi connectivity index (χ2v) is 4.35. The number of anilines is 1. The first-order valence-corrected chi connectivity index (χ1v) is 5.62. The number of para-hydroxylation sites is 1. The Hall–Kier alpha value is -1.62.